The molecule has 0 radical (unpaired) electrons. The molecule has 5 heteroatoms. The number of amides is 1. The van der Waals surface area contributed by atoms with Crippen LogP contribution in [0.15, 0.2) is 24.5 Å². The van der Waals surface area contributed by atoms with Crippen LogP contribution >= 0.6 is 0 Å². The van der Waals surface area contributed by atoms with Crippen molar-refractivity contribution in [3.8, 4) is 0 Å². The normalized spacial score (nSPS) is 26.9. The number of aryl methyl sites for hydroxylation is 1. The first-order chi connectivity index (χ1) is 11.2. The standard InChI is InChI=1S/C18H28N4O/c1-21-12-13-22(11-3-5-16-4-2-9-19-14-16)15-18(21)7-6-17(23)20-10-8-18/h2,4,9,14H,3,5-8,10-13,15H2,1H3,(H,20,23)/t18-/m0/s1. The van der Waals surface area contributed by atoms with E-state index in [0.717, 1.165) is 52.0 Å². The number of aromatic nitrogens is 1. The summed E-state index contributed by atoms with van der Waals surface area (Å²) in [6, 6.07) is 4.16. The molecule has 23 heavy (non-hydrogen) atoms. The van der Waals surface area contributed by atoms with Gasteiger partial charge in [0.1, 0.15) is 0 Å². The van der Waals surface area contributed by atoms with Gasteiger partial charge in [-0.1, -0.05) is 6.07 Å². The summed E-state index contributed by atoms with van der Waals surface area (Å²) in [6.07, 6.45) is 8.76. The first-order valence-corrected chi connectivity index (χ1v) is 8.77. The molecule has 126 valence electrons. The molecule has 1 aromatic rings. The maximum absolute atomic E-state index is 11.7. The summed E-state index contributed by atoms with van der Waals surface area (Å²) >= 11 is 0. The van der Waals surface area contributed by atoms with Crippen molar-refractivity contribution in [3.63, 3.8) is 0 Å². The second-order valence-corrected chi connectivity index (χ2v) is 6.99. The van der Waals surface area contributed by atoms with E-state index in [1.807, 2.05) is 18.5 Å². The van der Waals surface area contributed by atoms with Gasteiger partial charge in [-0.25, -0.2) is 0 Å². The van der Waals surface area contributed by atoms with Crippen LogP contribution in [0.3, 0.4) is 0 Å². The van der Waals surface area contributed by atoms with Crippen LogP contribution in [0.5, 0.6) is 0 Å². The number of piperazine rings is 1. The number of likely N-dealkylation sites (N-methyl/N-ethyl adjacent to an activating group) is 1. The first kappa shape index (κ1) is 16.4. The van der Waals surface area contributed by atoms with Gasteiger partial charge in [0.25, 0.3) is 0 Å². The van der Waals surface area contributed by atoms with E-state index in [2.05, 4.69) is 33.2 Å². The number of nitrogens with zero attached hydrogens (tertiary/aromatic N) is 3. The van der Waals surface area contributed by atoms with Gasteiger partial charge in [-0.3, -0.25) is 14.7 Å². The summed E-state index contributed by atoms with van der Waals surface area (Å²) in [7, 11) is 2.22. The number of hydrogen-bond acceptors (Lipinski definition) is 4. The summed E-state index contributed by atoms with van der Waals surface area (Å²) in [6.45, 7) is 5.26. The van der Waals surface area contributed by atoms with E-state index in [1.165, 1.54) is 12.0 Å². The Morgan fingerprint density at radius 1 is 1.35 bits per heavy atom. The van der Waals surface area contributed by atoms with Gasteiger partial charge in [0.2, 0.25) is 5.91 Å². The van der Waals surface area contributed by atoms with E-state index >= 15 is 0 Å². The Kier molecular flexibility index (Phi) is 5.28. The fraction of sp³-hybridized carbons (Fsp3) is 0.667. The minimum atomic E-state index is 0.172. The van der Waals surface area contributed by atoms with Gasteiger partial charge in [0.05, 0.1) is 0 Å². The lowest BCUT2D eigenvalue weighted by atomic mass is 9.86. The summed E-state index contributed by atoms with van der Waals surface area (Å²) in [5.41, 5.74) is 1.49. The van der Waals surface area contributed by atoms with Crippen molar-refractivity contribution in [1.82, 2.24) is 20.1 Å². The Bertz CT molecular complexity index is 521. The predicted octanol–water partition coefficient (Wildman–Crippen LogP) is 1.30. The summed E-state index contributed by atoms with van der Waals surface area (Å²) in [5.74, 6) is 0.212. The second-order valence-electron chi connectivity index (χ2n) is 6.99. The molecule has 2 saturated heterocycles. The number of pyridine rings is 1. The maximum Gasteiger partial charge on any atom is 0.220 e. The van der Waals surface area contributed by atoms with Gasteiger partial charge in [-0.2, -0.15) is 0 Å². The van der Waals surface area contributed by atoms with Crippen molar-refractivity contribution >= 4 is 5.91 Å². The van der Waals surface area contributed by atoms with E-state index in [4.69, 9.17) is 0 Å². The van der Waals surface area contributed by atoms with E-state index in [-0.39, 0.29) is 11.4 Å². The van der Waals surface area contributed by atoms with Gasteiger partial charge < -0.3 is 10.2 Å². The van der Waals surface area contributed by atoms with Gasteiger partial charge >= 0.3 is 0 Å². The molecule has 1 atom stereocenters. The first-order valence-electron chi connectivity index (χ1n) is 8.77. The fourth-order valence-corrected chi connectivity index (χ4v) is 3.92. The quantitative estimate of drug-likeness (QED) is 0.910. The smallest absolute Gasteiger partial charge is 0.220 e. The van der Waals surface area contributed by atoms with Crippen LogP contribution in [0.2, 0.25) is 0 Å². The molecule has 0 saturated carbocycles. The highest BCUT2D eigenvalue weighted by molar-refractivity contribution is 5.76. The maximum atomic E-state index is 11.7. The topological polar surface area (TPSA) is 48.5 Å². The van der Waals surface area contributed by atoms with Crippen LogP contribution in [0.25, 0.3) is 0 Å². The Balaban J connectivity index is 1.54. The minimum Gasteiger partial charge on any atom is -0.356 e. The van der Waals surface area contributed by atoms with Crippen LogP contribution in [-0.4, -0.2) is 66.0 Å². The van der Waals surface area contributed by atoms with E-state index in [0.29, 0.717) is 6.42 Å². The molecule has 2 aliphatic heterocycles. The Labute approximate surface area is 139 Å². The molecular weight excluding hydrogens is 288 g/mol. The van der Waals surface area contributed by atoms with E-state index in [1.54, 1.807) is 0 Å². The van der Waals surface area contributed by atoms with Gasteiger partial charge in [-0.05, 0) is 50.9 Å². The third kappa shape index (κ3) is 4.09. The third-order valence-corrected chi connectivity index (χ3v) is 5.47. The Morgan fingerprint density at radius 2 is 2.26 bits per heavy atom. The molecule has 0 unspecified atom stereocenters. The zero-order valence-electron chi connectivity index (χ0n) is 14.1. The Hall–Kier alpha value is -1.46. The summed E-state index contributed by atoms with van der Waals surface area (Å²) in [4.78, 5) is 20.9. The molecule has 0 bridgehead atoms. The molecule has 0 aliphatic carbocycles. The van der Waals surface area contributed by atoms with Crippen molar-refractivity contribution in [1.29, 1.82) is 0 Å². The Morgan fingerprint density at radius 3 is 3.09 bits per heavy atom. The SMILES string of the molecule is CN1CCN(CCCc2cccnc2)C[C@]12CCNC(=O)CC2. The van der Waals surface area contributed by atoms with E-state index in [9.17, 15) is 4.79 Å². The molecule has 2 aliphatic rings. The average Bonchev–Trinajstić information content (AvgIpc) is 2.75. The van der Waals surface area contributed by atoms with Gasteiger partial charge in [0.15, 0.2) is 0 Å². The van der Waals surface area contributed by atoms with Crippen LogP contribution in [0.1, 0.15) is 31.2 Å². The lowest BCUT2D eigenvalue weighted by Crippen LogP contribution is -2.61. The average molecular weight is 316 g/mol. The van der Waals surface area contributed by atoms with Crippen molar-refractivity contribution in [2.24, 2.45) is 0 Å². The zero-order valence-corrected chi connectivity index (χ0v) is 14.1. The second kappa shape index (κ2) is 7.41. The van der Waals surface area contributed by atoms with Crippen LogP contribution in [-0.2, 0) is 11.2 Å². The molecule has 3 rings (SSSR count). The molecule has 1 spiro atoms. The minimum absolute atomic E-state index is 0.172. The molecule has 3 heterocycles. The molecule has 0 aromatic carbocycles. The molecule has 1 N–H and O–H groups in total. The highest BCUT2D eigenvalue weighted by atomic mass is 16.1. The number of hydrogen-bond donors (Lipinski definition) is 1. The van der Waals surface area contributed by atoms with Crippen LogP contribution < -0.4 is 5.32 Å². The van der Waals surface area contributed by atoms with Crippen LogP contribution in [0, 0.1) is 0 Å². The lowest BCUT2D eigenvalue weighted by molar-refractivity contribution is -0.121. The van der Waals surface area contributed by atoms with Gasteiger partial charge in [-0.15, -0.1) is 0 Å². The fourth-order valence-electron chi connectivity index (χ4n) is 3.92. The highest BCUT2D eigenvalue weighted by Gasteiger charge is 2.40. The van der Waals surface area contributed by atoms with Crippen molar-refractivity contribution in [2.75, 3.05) is 39.8 Å². The predicted molar refractivity (Wildman–Crippen MR) is 91.2 cm³/mol. The molecule has 1 amide bonds. The highest BCUT2D eigenvalue weighted by Crippen LogP contribution is 2.30. The number of carbonyl (C=O) groups is 1. The zero-order chi connectivity index (χ0) is 16.1. The van der Waals surface area contributed by atoms with Crippen molar-refractivity contribution < 1.29 is 4.79 Å². The molecule has 1 aromatic heterocycles. The molecular formula is C18H28N4O. The molecule has 2 fully saturated rings. The van der Waals surface area contributed by atoms with Crippen molar-refractivity contribution in [3.05, 3.63) is 30.1 Å². The summed E-state index contributed by atoms with van der Waals surface area (Å²) < 4.78 is 0. The number of carbonyl (C=O) groups excluding carboxylic acids is 1. The third-order valence-electron chi connectivity index (χ3n) is 5.47. The monoisotopic (exact) mass is 316 g/mol. The summed E-state index contributed by atoms with van der Waals surface area (Å²) in [5, 5.41) is 3.03. The van der Waals surface area contributed by atoms with Crippen LogP contribution in [0.4, 0.5) is 0 Å². The largest absolute Gasteiger partial charge is 0.356 e. The van der Waals surface area contributed by atoms with Crippen molar-refractivity contribution in [2.45, 2.75) is 37.6 Å². The van der Waals surface area contributed by atoms with E-state index < -0.39 is 0 Å². The number of rotatable bonds is 4. The number of nitrogens with one attached hydrogen (secondary N) is 1. The lowest BCUT2D eigenvalue weighted by Gasteiger charge is -2.49. The molecule has 5 nitrogen and oxygen atoms in total. The van der Waals surface area contributed by atoms with Gasteiger partial charge in [0, 0.05) is 50.5 Å².